The zero-order valence-electron chi connectivity index (χ0n) is 13.7. The fraction of sp³-hybridized carbons (Fsp3) is 0.389. The number of carbonyl (C=O) groups is 1. The molecule has 1 amide bonds. The first-order valence-electron chi connectivity index (χ1n) is 8.15. The second-order valence-corrected chi connectivity index (χ2v) is 6.44. The third kappa shape index (κ3) is 3.48. The van der Waals surface area contributed by atoms with E-state index in [-0.39, 0.29) is 11.9 Å². The third-order valence-electron chi connectivity index (χ3n) is 4.61. The molecule has 128 valence electrons. The van der Waals surface area contributed by atoms with Crippen LogP contribution in [0.3, 0.4) is 0 Å². The van der Waals surface area contributed by atoms with Crippen molar-refractivity contribution in [3.05, 3.63) is 58.5 Å². The maximum atomic E-state index is 12.5. The fourth-order valence-electron chi connectivity index (χ4n) is 3.11. The molecule has 1 aliphatic heterocycles. The summed E-state index contributed by atoms with van der Waals surface area (Å²) in [7, 11) is 0. The predicted molar refractivity (Wildman–Crippen MR) is 93.9 cm³/mol. The smallest absolute Gasteiger partial charge is 0.257 e. The Morgan fingerprint density at radius 3 is 2.62 bits per heavy atom. The maximum absolute atomic E-state index is 12.5. The SMILES string of the molecule is CC(c1ccccc1Cl)N1CCN(C(=O)c2coc(CN)c2)CC1. The first-order chi connectivity index (χ1) is 11.6. The van der Waals surface area contributed by atoms with Crippen LogP contribution in [0, 0.1) is 0 Å². The molecule has 2 N–H and O–H groups in total. The molecule has 1 saturated heterocycles. The molecule has 0 spiro atoms. The molecule has 24 heavy (non-hydrogen) atoms. The van der Waals surface area contributed by atoms with E-state index in [1.807, 2.05) is 23.1 Å². The summed E-state index contributed by atoms with van der Waals surface area (Å²) in [5.74, 6) is 0.632. The minimum Gasteiger partial charge on any atom is -0.467 e. The molecule has 2 heterocycles. The van der Waals surface area contributed by atoms with Crippen molar-refractivity contribution in [2.24, 2.45) is 5.73 Å². The van der Waals surface area contributed by atoms with Gasteiger partial charge in [0.05, 0.1) is 12.1 Å². The molecule has 5 nitrogen and oxygen atoms in total. The van der Waals surface area contributed by atoms with E-state index < -0.39 is 0 Å². The van der Waals surface area contributed by atoms with Crippen LogP contribution in [0.2, 0.25) is 5.02 Å². The number of benzene rings is 1. The van der Waals surface area contributed by atoms with Gasteiger partial charge in [-0.15, -0.1) is 0 Å². The van der Waals surface area contributed by atoms with Crippen LogP contribution in [-0.2, 0) is 6.54 Å². The number of carbonyl (C=O) groups excluding carboxylic acids is 1. The van der Waals surface area contributed by atoms with Crippen LogP contribution in [-0.4, -0.2) is 41.9 Å². The van der Waals surface area contributed by atoms with Gasteiger partial charge in [-0.05, 0) is 24.6 Å². The Kier molecular flexibility index (Phi) is 5.23. The summed E-state index contributed by atoms with van der Waals surface area (Å²) in [4.78, 5) is 16.7. The van der Waals surface area contributed by atoms with Crippen LogP contribution < -0.4 is 5.73 Å². The molecular weight excluding hydrogens is 326 g/mol. The normalized spacial score (nSPS) is 17.0. The summed E-state index contributed by atoms with van der Waals surface area (Å²) >= 11 is 6.30. The Balaban J connectivity index is 1.61. The summed E-state index contributed by atoms with van der Waals surface area (Å²) in [6, 6.07) is 9.88. The molecule has 1 aromatic carbocycles. The van der Waals surface area contributed by atoms with Crippen LogP contribution in [0.5, 0.6) is 0 Å². The van der Waals surface area contributed by atoms with Crippen molar-refractivity contribution in [2.75, 3.05) is 26.2 Å². The largest absolute Gasteiger partial charge is 0.467 e. The average molecular weight is 348 g/mol. The highest BCUT2D eigenvalue weighted by atomic mass is 35.5. The van der Waals surface area contributed by atoms with E-state index in [4.69, 9.17) is 21.8 Å². The van der Waals surface area contributed by atoms with Gasteiger partial charge >= 0.3 is 0 Å². The number of amides is 1. The number of nitrogens with two attached hydrogens (primary N) is 1. The molecule has 0 radical (unpaired) electrons. The molecular formula is C18H22ClN3O2. The van der Waals surface area contributed by atoms with Crippen LogP contribution in [0.25, 0.3) is 0 Å². The van der Waals surface area contributed by atoms with Crippen molar-refractivity contribution in [2.45, 2.75) is 19.5 Å². The average Bonchev–Trinajstić information content (AvgIpc) is 3.10. The number of hydrogen-bond donors (Lipinski definition) is 1. The molecule has 1 atom stereocenters. The van der Waals surface area contributed by atoms with Gasteiger partial charge in [0, 0.05) is 37.2 Å². The van der Waals surface area contributed by atoms with Crippen LogP contribution in [0.15, 0.2) is 41.0 Å². The lowest BCUT2D eigenvalue weighted by Crippen LogP contribution is -2.49. The van der Waals surface area contributed by atoms with Crippen molar-refractivity contribution >= 4 is 17.5 Å². The van der Waals surface area contributed by atoms with E-state index in [1.54, 1.807) is 6.07 Å². The van der Waals surface area contributed by atoms with E-state index in [0.29, 0.717) is 31.0 Å². The minimum absolute atomic E-state index is 0.00324. The highest BCUT2D eigenvalue weighted by Gasteiger charge is 2.26. The topological polar surface area (TPSA) is 62.7 Å². The van der Waals surface area contributed by atoms with Crippen LogP contribution in [0.1, 0.15) is 34.6 Å². The molecule has 1 aliphatic rings. The number of halogens is 1. The van der Waals surface area contributed by atoms with Gasteiger partial charge in [-0.2, -0.15) is 0 Å². The van der Waals surface area contributed by atoms with Gasteiger partial charge in [0.25, 0.3) is 5.91 Å². The zero-order chi connectivity index (χ0) is 17.1. The highest BCUT2D eigenvalue weighted by molar-refractivity contribution is 6.31. The predicted octanol–water partition coefficient (Wildman–Crippen LogP) is 2.91. The summed E-state index contributed by atoms with van der Waals surface area (Å²) < 4.78 is 5.26. The zero-order valence-corrected chi connectivity index (χ0v) is 14.5. The molecule has 0 aliphatic carbocycles. The van der Waals surface area contributed by atoms with E-state index in [2.05, 4.69) is 17.9 Å². The molecule has 2 aromatic rings. The van der Waals surface area contributed by atoms with E-state index in [1.165, 1.54) is 6.26 Å². The first-order valence-corrected chi connectivity index (χ1v) is 8.53. The quantitative estimate of drug-likeness (QED) is 0.923. The number of furan rings is 1. The summed E-state index contributed by atoms with van der Waals surface area (Å²) in [5, 5.41) is 0.788. The van der Waals surface area contributed by atoms with Gasteiger partial charge in [0.2, 0.25) is 0 Å². The van der Waals surface area contributed by atoms with Gasteiger partial charge in [0.1, 0.15) is 12.0 Å². The molecule has 0 saturated carbocycles. The van der Waals surface area contributed by atoms with Crippen molar-refractivity contribution in [3.63, 3.8) is 0 Å². The van der Waals surface area contributed by atoms with E-state index >= 15 is 0 Å². The number of piperazine rings is 1. The second-order valence-electron chi connectivity index (χ2n) is 6.03. The van der Waals surface area contributed by atoms with Gasteiger partial charge in [-0.1, -0.05) is 29.8 Å². The summed E-state index contributed by atoms with van der Waals surface area (Å²) in [6.07, 6.45) is 1.49. The Bertz CT molecular complexity index is 708. The monoisotopic (exact) mass is 347 g/mol. The number of hydrogen-bond acceptors (Lipinski definition) is 4. The lowest BCUT2D eigenvalue weighted by molar-refractivity contribution is 0.0581. The van der Waals surface area contributed by atoms with Gasteiger partial charge in [-0.25, -0.2) is 0 Å². The molecule has 3 rings (SSSR count). The lowest BCUT2D eigenvalue weighted by Gasteiger charge is -2.38. The number of rotatable bonds is 4. The van der Waals surface area contributed by atoms with Crippen molar-refractivity contribution in [3.8, 4) is 0 Å². The Labute approximate surface area is 147 Å². The molecule has 1 fully saturated rings. The van der Waals surface area contributed by atoms with Gasteiger partial charge in [-0.3, -0.25) is 9.69 Å². The first kappa shape index (κ1) is 17.0. The van der Waals surface area contributed by atoms with Crippen LogP contribution in [0.4, 0.5) is 0 Å². The minimum atomic E-state index is 0.00324. The summed E-state index contributed by atoms with van der Waals surface area (Å²) in [6.45, 7) is 5.48. The molecule has 1 unspecified atom stereocenters. The second kappa shape index (κ2) is 7.38. The van der Waals surface area contributed by atoms with Crippen molar-refractivity contribution < 1.29 is 9.21 Å². The molecule has 1 aromatic heterocycles. The third-order valence-corrected chi connectivity index (χ3v) is 4.95. The Hall–Kier alpha value is -1.82. The molecule has 6 heteroatoms. The summed E-state index contributed by atoms with van der Waals surface area (Å²) in [5.41, 5.74) is 7.22. The van der Waals surface area contributed by atoms with Crippen LogP contribution >= 0.6 is 11.6 Å². The standard InChI is InChI=1S/C18H22ClN3O2/c1-13(16-4-2-3-5-17(16)19)21-6-8-22(9-7-21)18(23)14-10-15(11-20)24-12-14/h2-5,10,12-13H,6-9,11,20H2,1H3. The molecule has 0 bridgehead atoms. The Morgan fingerprint density at radius 1 is 1.29 bits per heavy atom. The Morgan fingerprint density at radius 2 is 2.00 bits per heavy atom. The van der Waals surface area contributed by atoms with Crippen molar-refractivity contribution in [1.82, 2.24) is 9.80 Å². The van der Waals surface area contributed by atoms with Gasteiger partial charge < -0.3 is 15.1 Å². The lowest BCUT2D eigenvalue weighted by atomic mass is 10.1. The van der Waals surface area contributed by atoms with Crippen molar-refractivity contribution in [1.29, 1.82) is 0 Å². The highest BCUT2D eigenvalue weighted by Crippen LogP contribution is 2.28. The van der Waals surface area contributed by atoms with E-state index in [0.717, 1.165) is 23.7 Å². The maximum Gasteiger partial charge on any atom is 0.257 e. The van der Waals surface area contributed by atoms with E-state index in [9.17, 15) is 4.79 Å². The fourth-order valence-corrected chi connectivity index (χ4v) is 3.40. The van der Waals surface area contributed by atoms with Gasteiger partial charge in [0.15, 0.2) is 0 Å². The number of nitrogens with zero attached hydrogens (tertiary/aromatic N) is 2.